The zero-order valence-corrected chi connectivity index (χ0v) is 15.6. The second-order valence-corrected chi connectivity index (χ2v) is 6.53. The Bertz CT molecular complexity index is 1110. The average molecular weight is 386 g/mol. The Morgan fingerprint density at radius 3 is 2.24 bits per heavy atom. The predicted octanol–water partition coefficient (Wildman–Crippen LogP) is 3.98. The van der Waals surface area contributed by atoms with Gasteiger partial charge in [-0.15, -0.1) is 0 Å². The molecule has 0 aliphatic heterocycles. The van der Waals surface area contributed by atoms with Crippen molar-refractivity contribution >= 4 is 23.0 Å². The first-order valence-electron chi connectivity index (χ1n) is 9.03. The number of nitrogens with zero attached hydrogens (tertiary/aromatic N) is 1. The lowest BCUT2D eigenvalue weighted by Crippen LogP contribution is -2.30. The van der Waals surface area contributed by atoms with Crippen molar-refractivity contribution in [1.82, 2.24) is 4.98 Å². The molecule has 0 saturated carbocycles. The van der Waals surface area contributed by atoms with Crippen molar-refractivity contribution in [2.75, 3.05) is 12.4 Å². The van der Waals surface area contributed by atoms with E-state index in [0.717, 1.165) is 0 Å². The third-order valence-electron chi connectivity index (χ3n) is 4.81. The Hall–Kier alpha value is -3.93. The second kappa shape index (κ2) is 7.59. The van der Waals surface area contributed by atoms with Gasteiger partial charge in [0.15, 0.2) is 0 Å². The standard InChI is InChI=1S/C23H18N2O4/c1-29-15-11-9-14(10-12-15)25-20(18-8-4-5-13-24-18)19-21(26)16-6-2-3-7-17(16)22(27)23(19)28/h2-13,20,25-26H,1H3. The number of nitrogens with one attached hydrogen (secondary N) is 1. The molecule has 0 amide bonds. The number of benzene rings is 2. The van der Waals surface area contributed by atoms with Gasteiger partial charge in [-0.25, -0.2) is 0 Å². The van der Waals surface area contributed by atoms with Crippen molar-refractivity contribution in [2.24, 2.45) is 0 Å². The largest absolute Gasteiger partial charge is 0.507 e. The van der Waals surface area contributed by atoms with Crippen LogP contribution >= 0.6 is 0 Å². The van der Waals surface area contributed by atoms with Crippen molar-refractivity contribution in [3.63, 3.8) is 0 Å². The van der Waals surface area contributed by atoms with Crippen LogP contribution in [0.3, 0.4) is 0 Å². The van der Waals surface area contributed by atoms with Gasteiger partial charge in [0.05, 0.1) is 18.4 Å². The van der Waals surface area contributed by atoms with E-state index in [9.17, 15) is 14.7 Å². The molecule has 1 aromatic heterocycles. The molecule has 1 heterocycles. The van der Waals surface area contributed by atoms with Gasteiger partial charge in [-0.2, -0.15) is 0 Å². The van der Waals surface area contributed by atoms with Gasteiger partial charge in [-0.05, 0) is 36.4 Å². The number of aromatic nitrogens is 1. The molecule has 144 valence electrons. The topological polar surface area (TPSA) is 88.5 Å². The summed E-state index contributed by atoms with van der Waals surface area (Å²) in [7, 11) is 1.58. The van der Waals surface area contributed by atoms with E-state index in [1.807, 2.05) is 0 Å². The van der Waals surface area contributed by atoms with Gasteiger partial charge >= 0.3 is 0 Å². The van der Waals surface area contributed by atoms with E-state index >= 15 is 0 Å². The van der Waals surface area contributed by atoms with Gasteiger partial charge in [0.25, 0.3) is 0 Å². The number of pyridine rings is 1. The Balaban J connectivity index is 1.84. The van der Waals surface area contributed by atoms with E-state index in [1.165, 1.54) is 6.07 Å². The van der Waals surface area contributed by atoms with Crippen LogP contribution in [-0.4, -0.2) is 28.8 Å². The van der Waals surface area contributed by atoms with Crippen LogP contribution in [0.2, 0.25) is 0 Å². The quantitative estimate of drug-likeness (QED) is 0.645. The molecule has 0 saturated heterocycles. The molecular formula is C23H18N2O4. The Kier molecular flexibility index (Phi) is 4.83. The number of aliphatic hydroxyl groups is 1. The summed E-state index contributed by atoms with van der Waals surface area (Å²) in [5, 5.41) is 14.1. The summed E-state index contributed by atoms with van der Waals surface area (Å²) in [6, 6.07) is 18.1. The van der Waals surface area contributed by atoms with Crippen molar-refractivity contribution < 1.29 is 19.4 Å². The number of hydrogen-bond acceptors (Lipinski definition) is 6. The highest BCUT2D eigenvalue weighted by Crippen LogP contribution is 2.36. The van der Waals surface area contributed by atoms with Gasteiger partial charge in [-0.3, -0.25) is 14.6 Å². The Labute approximate surface area is 167 Å². The Morgan fingerprint density at radius 1 is 0.897 bits per heavy atom. The molecule has 1 aliphatic rings. The summed E-state index contributed by atoms with van der Waals surface area (Å²) in [6.45, 7) is 0. The van der Waals surface area contributed by atoms with Gasteiger partial charge in [0.2, 0.25) is 11.6 Å². The summed E-state index contributed by atoms with van der Waals surface area (Å²) < 4.78 is 5.17. The maximum Gasteiger partial charge on any atom is 0.235 e. The molecule has 0 radical (unpaired) electrons. The average Bonchev–Trinajstić information content (AvgIpc) is 2.78. The van der Waals surface area contributed by atoms with Crippen LogP contribution in [0.5, 0.6) is 5.75 Å². The Morgan fingerprint density at radius 2 is 1.59 bits per heavy atom. The molecule has 6 heteroatoms. The molecule has 1 unspecified atom stereocenters. The highest BCUT2D eigenvalue weighted by atomic mass is 16.5. The first kappa shape index (κ1) is 18.4. The zero-order valence-electron chi connectivity index (χ0n) is 15.6. The van der Waals surface area contributed by atoms with Gasteiger partial charge < -0.3 is 15.2 Å². The molecule has 0 bridgehead atoms. The monoisotopic (exact) mass is 386 g/mol. The van der Waals surface area contributed by atoms with Gasteiger partial charge in [0.1, 0.15) is 17.6 Å². The fourth-order valence-electron chi connectivity index (χ4n) is 3.35. The molecule has 2 N–H and O–H groups in total. The van der Waals surface area contributed by atoms with Gasteiger partial charge in [-0.1, -0.05) is 30.3 Å². The van der Waals surface area contributed by atoms with E-state index in [-0.39, 0.29) is 16.9 Å². The normalized spacial score (nSPS) is 14.4. The third-order valence-corrected chi connectivity index (χ3v) is 4.81. The number of ether oxygens (including phenoxy) is 1. The lowest BCUT2D eigenvalue weighted by Gasteiger charge is -2.26. The molecule has 0 fully saturated rings. The molecule has 2 aromatic carbocycles. The van der Waals surface area contributed by atoms with Crippen LogP contribution in [-0.2, 0) is 4.79 Å². The van der Waals surface area contributed by atoms with Crippen LogP contribution in [0.4, 0.5) is 5.69 Å². The first-order valence-corrected chi connectivity index (χ1v) is 9.03. The molecule has 1 atom stereocenters. The molecule has 0 spiro atoms. The van der Waals surface area contributed by atoms with E-state index in [0.29, 0.717) is 22.7 Å². The lowest BCUT2D eigenvalue weighted by molar-refractivity contribution is -0.112. The highest BCUT2D eigenvalue weighted by Gasteiger charge is 2.38. The van der Waals surface area contributed by atoms with Gasteiger partial charge in [0, 0.05) is 23.0 Å². The number of ketones is 2. The van der Waals surface area contributed by atoms with E-state index in [4.69, 9.17) is 4.74 Å². The fourth-order valence-corrected chi connectivity index (χ4v) is 3.35. The summed E-state index contributed by atoms with van der Waals surface area (Å²) in [5.74, 6) is -0.935. The third kappa shape index (κ3) is 3.36. The number of Topliss-reactive ketones (excluding diaryl/α,β-unsaturated/α-hetero) is 2. The van der Waals surface area contributed by atoms with Crippen LogP contribution < -0.4 is 10.1 Å². The van der Waals surface area contributed by atoms with Crippen LogP contribution in [0.1, 0.15) is 27.7 Å². The van der Waals surface area contributed by atoms with Crippen molar-refractivity contribution in [3.05, 3.63) is 95.3 Å². The summed E-state index contributed by atoms with van der Waals surface area (Å²) >= 11 is 0. The zero-order chi connectivity index (χ0) is 20.4. The molecular weight excluding hydrogens is 368 g/mol. The number of methoxy groups -OCH3 is 1. The molecule has 3 aromatic rings. The SMILES string of the molecule is COc1ccc(NC(C2=C(O)c3ccccc3C(=O)C2=O)c2ccccn2)cc1. The molecule has 1 aliphatic carbocycles. The summed E-state index contributed by atoms with van der Waals surface area (Å²) in [6.07, 6.45) is 1.60. The number of anilines is 1. The smallest absolute Gasteiger partial charge is 0.235 e. The fraction of sp³-hybridized carbons (Fsp3) is 0.0870. The predicted molar refractivity (Wildman–Crippen MR) is 109 cm³/mol. The maximum atomic E-state index is 12.9. The van der Waals surface area contributed by atoms with Crippen molar-refractivity contribution in [1.29, 1.82) is 0 Å². The first-order chi connectivity index (χ1) is 14.1. The number of carbonyl (C=O) groups is 2. The number of carbonyl (C=O) groups excluding carboxylic acids is 2. The molecule has 4 rings (SSSR count). The maximum absolute atomic E-state index is 12.9. The number of rotatable bonds is 5. The van der Waals surface area contributed by atoms with Crippen LogP contribution in [0, 0.1) is 0 Å². The van der Waals surface area contributed by atoms with Crippen molar-refractivity contribution in [2.45, 2.75) is 6.04 Å². The number of fused-ring (bicyclic) bond motifs is 1. The minimum Gasteiger partial charge on any atom is -0.507 e. The summed E-state index contributed by atoms with van der Waals surface area (Å²) in [5.41, 5.74) is 1.70. The highest BCUT2D eigenvalue weighted by molar-refractivity contribution is 6.52. The van der Waals surface area contributed by atoms with Crippen molar-refractivity contribution in [3.8, 4) is 5.75 Å². The minimum absolute atomic E-state index is 0.0248. The van der Waals surface area contributed by atoms with E-state index in [1.54, 1.807) is 74.0 Å². The lowest BCUT2D eigenvalue weighted by atomic mass is 9.84. The van der Waals surface area contributed by atoms with Crippen LogP contribution in [0.15, 0.2) is 78.5 Å². The number of aliphatic hydroxyl groups excluding tert-OH is 1. The van der Waals surface area contributed by atoms with Crippen LogP contribution in [0.25, 0.3) is 5.76 Å². The molecule has 29 heavy (non-hydrogen) atoms. The number of hydrogen-bond donors (Lipinski definition) is 2. The van der Waals surface area contributed by atoms with E-state index < -0.39 is 17.6 Å². The second-order valence-electron chi connectivity index (χ2n) is 6.53. The molecule has 6 nitrogen and oxygen atoms in total. The summed E-state index contributed by atoms with van der Waals surface area (Å²) in [4.78, 5) is 30.0. The van der Waals surface area contributed by atoms with E-state index in [2.05, 4.69) is 10.3 Å². The minimum atomic E-state index is -0.811.